The Hall–Kier alpha value is -1.39. The zero-order valence-electron chi connectivity index (χ0n) is 12.9. The molecule has 1 aliphatic rings. The molecule has 1 fully saturated rings. The van der Waals surface area contributed by atoms with Crippen molar-refractivity contribution in [3.63, 3.8) is 0 Å². The minimum atomic E-state index is -0.700. The van der Waals surface area contributed by atoms with E-state index >= 15 is 0 Å². The highest BCUT2D eigenvalue weighted by atomic mass is 16.4. The van der Waals surface area contributed by atoms with Crippen LogP contribution in [-0.4, -0.2) is 53.1 Å². The lowest BCUT2D eigenvalue weighted by molar-refractivity contribution is -0.137. The highest BCUT2D eigenvalue weighted by Gasteiger charge is 2.26. The Morgan fingerprint density at radius 1 is 1.29 bits per heavy atom. The number of hydrogen-bond donors (Lipinski definition) is 1. The first kappa shape index (κ1) is 16.0. The predicted octanol–water partition coefficient (Wildman–Crippen LogP) is 2.45. The molecule has 1 N–H and O–H groups in total. The van der Waals surface area contributed by atoms with Crippen LogP contribution >= 0.6 is 0 Å². The molecule has 1 aromatic rings. The summed E-state index contributed by atoms with van der Waals surface area (Å²) in [6.07, 6.45) is 2.59. The Morgan fingerprint density at radius 2 is 2.05 bits per heavy atom. The van der Waals surface area contributed by atoms with E-state index < -0.39 is 5.97 Å². The van der Waals surface area contributed by atoms with Gasteiger partial charge < -0.3 is 5.11 Å². The summed E-state index contributed by atoms with van der Waals surface area (Å²) in [5.74, 6) is -0.700. The van der Waals surface area contributed by atoms with Gasteiger partial charge in [-0.1, -0.05) is 43.7 Å². The van der Waals surface area contributed by atoms with Crippen molar-refractivity contribution in [2.75, 3.05) is 26.2 Å². The minimum Gasteiger partial charge on any atom is -0.481 e. The van der Waals surface area contributed by atoms with Gasteiger partial charge in [-0.25, -0.2) is 0 Å². The highest BCUT2D eigenvalue weighted by molar-refractivity contribution is 5.66. The lowest BCUT2D eigenvalue weighted by Crippen LogP contribution is -2.52. The van der Waals surface area contributed by atoms with Gasteiger partial charge in [0.2, 0.25) is 0 Å². The van der Waals surface area contributed by atoms with Crippen LogP contribution in [0.5, 0.6) is 0 Å². The van der Waals surface area contributed by atoms with Crippen LogP contribution in [0, 0.1) is 0 Å². The van der Waals surface area contributed by atoms with E-state index in [0.717, 1.165) is 26.2 Å². The van der Waals surface area contributed by atoms with Crippen molar-refractivity contribution >= 4 is 5.97 Å². The molecule has 1 unspecified atom stereocenters. The molecule has 1 atom stereocenters. The van der Waals surface area contributed by atoms with Gasteiger partial charge in [-0.15, -0.1) is 0 Å². The molecule has 1 heterocycles. The summed E-state index contributed by atoms with van der Waals surface area (Å²) < 4.78 is 0. The Morgan fingerprint density at radius 3 is 2.71 bits per heavy atom. The number of carbonyl (C=O) groups is 1. The number of hydrogen-bond acceptors (Lipinski definition) is 3. The molecular formula is C17H26N2O2. The molecule has 4 nitrogen and oxygen atoms in total. The first-order valence-corrected chi connectivity index (χ1v) is 7.91. The van der Waals surface area contributed by atoms with E-state index in [1.54, 1.807) is 0 Å². The molecular weight excluding hydrogens is 264 g/mol. The Balaban J connectivity index is 1.91. The van der Waals surface area contributed by atoms with Gasteiger partial charge in [-0.3, -0.25) is 14.6 Å². The minimum absolute atomic E-state index is 0.248. The summed E-state index contributed by atoms with van der Waals surface area (Å²) in [4.78, 5) is 15.6. The van der Waals surface area contributed by atoms with E-state index in [1.807, 2.05) is 0 Å². The molecule has 0 radical (unpaired) electrons. The lowest BCUT2D eigenvalue weighted by atomic mass is 10.0. The second kappa shape index (κ2) is 8.15. The molecule has 4 heteroatoms. The smallest absolute Gasteiger partial charge is 0.304 e. The van der Waals surface area contributed by atoms with E-state index in [2.05, 4.69) is 47.1 Å². The first-order valence-electron chi connectivity index (χ1n) is 7.91. The molecule has 1 aromatic carbocycles. The molecule has 2 rings (SSSR count). The van der Waals surface area contributed by atoms with Crippen LogP contribution in [0.3, 0.4) is 0 Å². The molecule has 1 saturated heterocycles. The summed E-state index contributed by atoms with van der Waals surface area (Å²) in [6, 6.07) is 11.1. The largest absolute Gasteiger partial charge is 0.481 e. The van der Waals surface area contributed by atoms with Gasteiger partial charge in [0.25, 0.3) is 0 Å². The Bertz CT molecular complexity index is 436. The topological polar surface area (TPSA) is 43.8 Å². The quantitative estimate of drug-likeness (QED) is 0.838. The van der Waals surface area contributed by atoms with E-state index in [9.17, 15) is 4.79 Å². The zero-order chi connectivity index (χ0) is 15.1. The fourth-order valence-corrected chi connectivity index (χ4v) is 3.05. The van der Waals surface area contributed by atoms with Gasteiger partial charge in [-0.05, 0) is 12.0 Å². The number of rotatable bonds is 7. The number of benzene rings is 1. The summed E-state index contributed by atoms with van der Waals surface area (Å²) in [6.45, 7) is 6.89. The van der Waals surface area contributed by atoms with Crippen molar-refractivity contribution in [1.82, 2.24) is 9.80 Å². The SMILES string of the molecule is CCCC1CN(CCC(=O)O)CCN1Cc1ccccc1. The fraction of sp³-hybridized carbons (Fsp3) is 0.588. The standard InChI is InChI=1S/C17H26N2O2/c1-2-6-16-14-18(10-9-17(20)21)11-12-19(16)13-15-7-4-3-5-8-15/h3-5,7-8,16H,2,6,9-14H2,1H3,(H,20,21). The van der Waals surface area contributed by atoms with Crippen molar-refractivity contribution in [3.05, 3.63) is 35.9 Å². The molecule has 0 spiro atoms. The summed E-state index contributed by atoms with van der Waals surface area (Å²) >= 11 is 0. The third-order valence-electron chi connectivity index (χ3n) is 4.18. The molecule has 116 valence electrons. The zero-order valence-corrected chi connectivity index (χ0v) is 12.9. The van der Waals surface area contributed by atoms with Crippen LogP contribution in [0.25, 0.3) is 0 Å². The molecule has 1 aliphatic heterocycles. The van der Waals surface area contributed by atoms with Crippen LogP contribution in [0.15, 0.2) is 30.3 Å². The summed E-state index contributed by atoms with van der Waals surface area (Å²) in [5.41, 5.74) is 1.36. The predicted molar refractivity (Wildman–Crippen MR) is 84.2 cm³/mol. The van der Waals surface area contributed by atoms with Crippen molar-refractivity contribution < 1.29 is 9.90 Å². The monoisotopic (exact) mass is 290 g/mol. The van der Waals surface area contributed by atoms with Crippen molar-refractivity contribution in [2.24, 2.45) is 0 Å². The van der Waals surface area contributed by atoms with E-state index in [4.69, 9.17) is 5.11 Å². The number of carboxylic acids is 1. The molecule has 0 amide bonds. The van der Waals surface area contributed by atoms with Crippen molar-refractivity contribution in [2.45, 2.75) is 38.8 Å². The van der Waals surface area contributed by atoms with Gasteiger partial charge >= 0.3 is 5.97 Å². The van der Waals surface area contributed by atoms with E-state index in [0.29, 0.717) is 12.6 Å². The van der Waals surface area contributed by atoms with Crippen LogP contribution < -0.4 is 0 Å². The molecule has 21 heavy (non-hydrogen) atoms. The maximum atomic E-state index is 10.7. The average Bonchev–Trinajstić information content (AvgIpc) is 2.49. The Labute approximate surface area is 127 Å². The average molecular weight is 290 g/mol. The first-order chi connectivity index (χ1) is 10.2. The number of aliphatic carboxylic acids is 1. The van der Waals surface area contributed by atoms with Gasteiger partial charge in [-0.2, -0.15) is 0 Å². The van der Waals surface area contributed by atoms with Crippen LogP contribution in [0.1, 0.15) is 31.7 Å². The summed E-state index contributed by atoms with van der Waals surface area (Å²) in [7, 11) is 0. The van der Waals surface area contributed by atoms with Crippen molar-refractivity contribution in [1.29, 1.82) is 0 Å². The van der Waals surface area contributed by atoms with Crippen LogP contribution in [0.4, 0.5) is 0 Å². The molecule has 0 aliphatic carbocycles. The number of carboxylic acid groups (broad SMARTS) is 1. The second-order valence-electron chi connectivity index (χ2n) is 5.84. The maximum absolute atomic E-state index is 10.7. The molecule has 0 aromatic heterocycles. The van der Waals surface area contributed by atoms with Gasteiger partial charge in [0.05, 0.1) is 6.42 Å². The van der Waals surface area contributed by atoms with Gasteiger partial charge in [0, 0.05) is 38.8 Å². The van der Waals surface area contributed by atoms with Crippen LogP contribution in [-0.2, 0) is 11.3 Å². The lowest BCUT2D eigenvalue weighted by Gasteiger charge is -2.41. The maximum Gasteiger partial charge on any atom is 0.304 e. The van der Waals surface area contributed by atoms with E-state index in [1.165, 1.54) is 18.4 Å². The molecule has 0 saturated carbocycles. The van der Waals surface area contributed by atoms with Crippen molar-refractivity contribution in [3.8, 4) is 0 Å². The third-order valence-corrected chi connectivity index (χ3v) is 4.18. The molecule has 0 bridgehead atoms. The number of nitrogens with zero attached hydrogens (tertiary/aromatic N) is 2. The summed E-state index contributed by atoms with van der Waals surface area (Å²) in [5, 5.41) is 8.82. The fourth-order valence-electron chi connectivity index (χ4n) is 3.05. The van der Waals surface area contributed by atoms with Gasteiger partial charge in [0.15, 0.2) is 0 Å². The van der Waals surface area contributed by atoms with E-state index in [-0.39, 0.29) is 6.42 Å². The highest BCUT2D eigenvalue weighted by Crippen LogP contribution is 2.18. The Kier molecular flexibility index (Phi) is 6.21. The normalized spacial score (nSPS) is 20.5. The third kappa shape index (κ3) is 5.14. The second-order valence-corrected chi connectivity index (χ2v) is 5.84. The number of piperazine rings is 1. The van der Waals surface area contributed by atoms with Gasteiger partial charge in [0.1, 0.15) is 0 Å². The van der Waals surface area contributed by atoms with Crippen LogP contribution in [0.2, 0.25) is 0 Å².